The van der Waals surface area contributed by atoms with Gasteiger partial charge >= 0.3 is 0 Å². The lowest BCUT2D eigenvalue weighted by Crippen LogP contribution is -2.22. The van der Waals surface area contributed by atoms with Gasteiger partial charge in [0.2, 0.25) is 0 Å². The molecule has 0 spiro atoms. The van der Waals surface area contributed by atoms with Gasteiger partial charge in [-0.1, -0.05) is 0 Å². The molecule has 0 aliphatic carbocycles. The number of anilines is 1. The SMILES string of the molecule is Cc1nc(C)c(CNC(=O)c2ccc(NC(=O)c3ccoc3C)cc2)s1. The number of nitrogens with one attached hydrogen (secondary N) is 2. The Bertz CT molecular complexity index is 941. The molecule has 2 aromatic heterocycles. The number of rotatable bonds is 5. The van der Waals surface area contributed by atoms with Gasteiger partial charge in [0.05, 0.1) is 29.1 Å². The number of aryl methyl sites for hydroxylation is 3. The van der Waals surface area contributed by atoms with Gasteiger partial charge in [0, 0.05) is 16.1 Å². The van der Waals surface area contributed by atoms with E-state index in [1.165, 1.54) is 6.26 Å². The van der Waals surface area contributed by atoms with Gasteiger partial charge in [-0.05, 0) is 51.1 Å². The molecule has 0 radical (unpaired) electrons. The number of aromatic nitrogens is 1. The summed E-state index contributed by atoms with van der Waals surface area (Å²) in [5.74, 6) is 0.149. The molecule has 0 saturated carbocycles. The molecule has 2 amide bonds. The molecule has 3 aromatic rings. The van der Waals surface area contributed by atoms with Gasteiger partial charge < -0.3 is 15.1 Å². The fourth-order valence-corrected chi connectivity index (χ4v) is 3.40. The molecule has 0 atom stereocenters. The smallest absolute Gasteiger partial charge is 0.259 e. The van der Waals surface area contributed by atoms with Crippen molar-refractivity contribution in [2.75, 3.05) is 5.32 Å². The Labute approximate surface area is 155 Å². The van der Waals surface area contributed by atoms with Crippen molar-refractivity contribution >= 4 is 28.8 Å². The van der Waals surface area contributed by atoms with E-state index in [1.54, 1.807) is 48.6 Å². The van der Waals surface area contributed by atoms with Crippen molar-refractivity contribution in [3.63, 3.8) is 0 Å². The number of carbonyl (C=O) groups excluding carboxylic acids is 2. The van der Waals surface area contributed by atoms with Gasteiger partial charge in [-0.15, -0.1) is 11.3 Å². The van der Waals surface area contributed by atoms with Crippen LogP contribution in [0, 0.1) is 20.8 Å². The second-order valence-corrected chi connectivity index (χ2v) is 7.13. The van der Waals surface area contributed by atoms with Crippen LogP contribution in [-0.2, 0) is 6.54 Å². The van der Waals surface area contributed by atoms with Crippen LogP contribution in [0.5, 0.6) is 0 Å². The summed E-state index contributed by atoms with van der Waals surface area (Å²) < 4.78 is 5.13. The second kappa shape index (κ2) is 7.53. The number of benzene rings is 1. The van der Waals surface area contributed by atoms with Crippen molar-refractivity contribution in [2.24, 2.45) is 0 Å². The minimum atomic E-state index is -0.246. The molecule has 2 heterocycles. The van der Waals surface area contributed by atoms with Gasteiger partial charge in [-0.2, -0.15) is 0 Å². The summed E-state index contributed by atoms with van der Waals surface area (Å²) in [7, 11) is 0. The van der Waals surface area contributed by atoms with Crippen LogP contribution < -0.4 is 10.6 Å². The molecule has 3 rings (SSSR count). The molecule has 2 N–H and O–H groups in total. The van der Waals surface area contributed by atoms with Crippen LogP contribution in [0.3, 0.4) is 0 Å². The molecule has 6 nitrogen and oxygen atoms in total. The van der Waals surface area contributed by atoms with E-state index in [4.69, 9.17) is 4.42 Å². The van der Waals surface area contributed by atoms with Gasteiger partial charge in [0.15, 0.2) is 0 Å². The number of furan rings is 1. The highest BCUT2D eigenvalue weighted by molar-refractivity contribution is 7.11. The Hall–Kier alpha value is -2.93. The summed E-state index contributed by atoms with van der Waals surface area (Å²) in [5.41, 5.74) is 2.57. The summed E-state index contributed by atoms with van der Waals surface area (Å²) in [4.78, 5) is 29.8. The monoisotopic (exact) mass is 369 g/mol. The minimum absolute atomic E-state index is 0.168. The van der Waals surface area contributed by atoms with Gasteiger partial charge in [-0.3, -0.25) is 9.59 Å². The quantitative estimate of drug-likeness (QED) is 0.715. The lowest BCUT2D eigenvalue weighted by Gasteiger charge is -2.07. The first-order chi connectivity index (χ1) is 12.4. The average Bonchev–Trinajstić information content (AvgIpc) is 3.18. The lowest BCUT2D eigenvalue weighted by molar-refractivity contribution is 0.0950. The average molecular weight is 369 g/mol. The Kier molecular flexibility index (Phi) is 5.18. The summed E-state index contributed by atoms with van der Waals surface area (Å²) in [6.45, 7) is 6.06. The van der Waals surface area contributed by atoms with Crippen LogP contribution in [0.1, 0.15) is 42.1 Å². The first kappa shape index (κ1) is 17.9. The molecule has 0 unspecified atom stereocenters. The largest absolute Gasteiger partial charge is 0.469 e. The molecular weight excluding hydrogens is 350 g/mol. The Morgan fingerprint density at radius 3 is 2.38 bits per heavy atom. The molecule has 26 heavy (non-hydrogen) atoms. The van der Waals surface area contributed by atoms with Crippen LogP contribution in [0.2, 0.25) is 0 Å². The Morgan fingerprint density at radius 2 is 1.81 bits per heavy atom. The molecule has 7 heteroatoms. The normalized spacial score (nSPS) is 10.6. The van der Waals surface area contributed by atoms with Crippen molar-refractivity contribution in [3.05, 3.63) is 69.1 Å². The number of hydrogen-bond acceptors (Lipinski definition) is 5. The third-order valence-corrected chi connectivity index (χ3v) is 4.99. The van der Waals surface area contributed by atoms with E-state index >= 15 is 0 Å². The van der Waals surface area contributed by atoms with Gasteiger partial charge in [0.1, 0.15) is 5.76 Å². The van der Waals surface area contributed by atoms with E-state index in [-0.39, 0.29) is 11.8 Å². The van der Waals surface area contributed by atoms with Crippen LogP contribution >= 0.6 is 11.3 Å². The van der Waals surface area contributed by atoms with Crippen molar-refractivity contribution in [1.82, 2.24) is 10.3 Å². The number of carbonyl (C=O) groups is 2. The molecular formula is C19H19N3O3S. The molecule has 0 bridgehead atoms. The van der Waals surface area contributed by atoms with Crippen LogP contribution in [-0.4, -0.2) is 16.8 Å². The topological polar surface area (TPSA) is 84.2 Å². The van der Waals surface area contributed by atoms with Crippen LogP contribution in [0.25, 0.3) is 0 Å². The lowest BCUT2D eigenvalue weighted by atomic mass is 10.2. The summed E-state index contributed by atoms with van der Waals surface area (Å²) in [5, 5.41) is 6.66. The third-order valence-electron chi connectivity index (χ3n) is 3.92. The highest BCUT2D eigenvalue weighted by atomic mass is 32.1. The zero-order chi connectivity index (χ0) is 18.7. The number of nitrogens with zero attached hydrogens (tertiary/aromatic N) is 1. The first-order valence-electron chi connectivity index (χ1n) is 8.10. The minimum Gasteiger partial charge on any atom is -0.469 e. The number of thiazole rings is 1. The third kappa shape index (κ3) is 4.00. The van der Waals surface area contributed by atoms with Crippen molar-refractivity contribution in [3.8, 4) is 0 Å². The maximum Gasteiger partial charge on any atom is 0.259 e. The summed E-state index contributed by atoms with van der Waals surface area (Å²) >= 11 is 1.58. The molecule has 0 aliphatic rings. The van der Waals surface area contributed by atoms with E-state index in [9.17, 15) is 9.59 Å². The van der Waals surface area contributed by atoms with Gasteiger partial charge in [-0.25, -0.2) is 4.98 Å². The maximum atomic E-state index is 12.3. The fraction of sp³-hybridized carbons (Fsp3) is 0.211. The number of amides is 2. The zero-order valence-electron chi connectivity index (χ0n) is 14.8. The van der Waals surface area contributed by atoms with Crippen molar-refractivity contribution in [1.29, 1.82) is 0 Å². The molecule has 0 fully saturated rings. The maximum absolute atomic E-state index is 12.3. The predicted molar refractivity (Wildman–Crippen MR) is 101 cm³/mol. The van der Waals surface area contributed by atoms with E-state index in [0.717, 1.165) is 15.6 Å². The highest BCUT2D eigenvalue weighted by Crippen LogP contribution is 2.17. The van der Waals surface area contributed by atoms with E-state index in [0.29, 0.717) is 29.1 Å². The molecule has 134 valence electrons. The fourth-order valence-electron chi connectivity index (χ4n) is 2.52. The molecule has 0 saturated heterocycles. The summed E-state index contributed by atoms with van der Waals surface area (Å²) in [6, 6.07) is 8.38. The highest BCUT2D eigenvalue weighted by Gasteiger charge is 2.12. The van der Waals surface area contributed by atoms with Crippen LogP contribution in [0.4, 0.5) is 5.69 Å². The van der Waals surface area contributed by atoms with Crippen LogP contribution in [0.15, 0.2) is 41.0 Å². The van der Waals surface area contributed by atoms with Crippen molar-refractivity contribution in [2.45, 2.75) is 27.3 Å². The molecule has 0 aliphatic heterocycles. The zero-order valence-corrected chi connectivity index (χ0v) is 15.6. The summed E-state index contributed by atoms with van der Waals surface area (Å²) in [6.07, 6.45) is 1.48. The van der Waals surface area contributed by atoms with E-state index in [2.05, 4.69) is 15.6 Å². The van der Waals surface area contributed by atoms with E-state index < -0.39 is 0 Å². The van der Waals surface area contributed by atoms with Crippen molar-refractivity contribution < 1.29 is 14.0 Å². The molecule has 1 aromatic carbocycles. The first-order valence-corrected chi connectivity index (χ1v) is 8.92. The second-order valence-electron chi connectivity index (χ2n) is 5.85. The standard InChI is InChI=1S/C19H19N3O3S/c1-11-17(26-13(3)21-11)10-20-18(23)14-4-6-15(7-5-14)22-19(24)16-8-9-25-12(16)2/h4-9H,10H2,1-3H3,(H,20,23)(H,22,24). The Balaban J connectivity index is 1.60. The van der Waals surface area contributed by atoms with Gasteiger partial charge in [0.25, 0.3) is 11.8 Å². The Morgan fingerprint density at radius 1 is 1.08 bits per heavy atom. The number of hydrogen-bond donors (Lipinski definition) is 2. The predicted octanol–water partition coefficient (Wildman–Crippen LogP) is 3.84. The van der Waals surface area contributed by atoms with E-state index in [1.807, 2.05) is 13.8 Å².